The third kappa shape index (κ3) is 3.88. The summed E-state index contributed by atoms with van der Waals surface area (Å²) < 4.78 is 38.0. The Kier molecular flexibility index (Phi) is 4.52. The molecule has 5 heteroatoms. The topological polar surface area (TPSA) is 60.2 Å². The van der Waals surface area contributed by atoms with E-state index < -0.39 is 15.7 Å². The minimum Gasteiger partial charge on any atom is -0.326 e. The summed E-state index contributed by atoms with van der Waals surface area (Å²) in [5.74, 6) is -0.922. The molecule has 2 N–H and O–H groups in total. The molecule has 0 saturated heterocycles. The number of halogens is 1. The van der Waals surface area contributed by atoms with Crippen molar-refractivity contribution in [3.05, 3.63) is 71.0 Å². The van der Waals surface area contributed by atoms with E-state index in [0.29, 0.717) is 11.1 Å². The van der Waals surface area contributed by atoms with E-state index in [2.05, 4.69) is 0 Å². The standard InChI is InChI=1S/C15H16FNO2S/c16-15-8-13(9-17)6-7-14(15)11-20(18,19)10-12-4-2-1-3-5-12/h1-8H,9-11,17H2. The van der Waals surface area contributed by atoms with Gasteiger partial charge in [-0.15, -0.1) is 0 Å². The highest BCUT2D eigenvalue weighted by molar-refractivity contribution is 7.89. The lowest BCUT2D eigenvalue weighted by Gasteiger charge is -2.07. The third-order valence-electron chi connectivity index (χ3n) is 2.96. The largest absolute Gasteiger partial charge is 0.326 e. The molecule has 0 spiro atoms. The molecule has 0 unspecified atom stereocenters. The number of rotatable bonds is 5. The quantitative estimate of drug-likeness (QED) is 0.921. The fourth-order valence-electron chi connectivity index (χ4n) is 1.95. The zero-order valence-electron chi connectivity index (χ0n) is 10.9. The molecule has 0 aromatic heterocycles. The van der Waals surface area contributed by atoms with Crippen molar-refractivity contribution in [2.75, 3.05) is 0 Å². The second-order valence-corrected chi connectivity index (χ2v) is 6.71. The summed E-state index contributed by atoms with van der Waals surface area (Å²) in [6.07, 6.45) is 0. The second kappa shape index (κ2) is 6.15. The molecule has 0 aliphatic carbocycles. The summed E-state index contributed by atoms with van der Waals surface area (Å²) >= 11 is 0. The number of hydrogen-bond acceptors (Lipinski definition) is 3. The highest BCUT2D eigenvalue weighted by Gasteiger charge is 2.16. The molecule has 2 rings (SSSR count). The molecule has 0 saturated carbocycles. The van der Waals surface area contributed by atoms with Gasteiger partial charge in [-0.3, -0.25) is 0 Å². The Morgan fingerprint density at radius 3 is 2.25 bits per heavy atom. The number of sulfone groups is 1. The Bertz CT molecular complexity index is 684. The molecular weight excluding hydrogens is 277 g/mol. The average Bonchev–Trinajstić information content (AvgIpc) is 2.41. The summed E-state index contributed by atoms with van der Waals surface area (Å²) in [4.78, 5) is 0. The molecule has 3 nitrogen and oxygen atoms in total. The van der Waals surface area contributed by atoms with Gasteiger partial charge in [-0.1, -0.05) is 42.5 Å². The molecule has 106 valence electrons. The fourth-order valence-corrected chi connectivity index (χ4v) is 3.46. The highest BCUT2D eigenvalue weighted by Crippen LogP contribution is 2.16. The first kappa shape index (κ1) is 14.7. The van der Waals surface area contributed by atoms with Crippen LogP contribution < -0.4 is 5.73 Å². The van der Waals surface area contributed by atoms with Crippen LogP contribution in [0.3, 0.4) is 0 Å². The van der Waals surface area contributed by atoms with Crippen LogP contribution in [0.2, 0.25) is 0 Å². The summed E-state index contributed by atoms with van der Waals surface area (Å²) in [5, 5.41) is 0. The Morgan fingerprint density at radius 2 is 1.65 bits per heavy atom. The molecule has 0 aliphatic heterocycles. The molecule has 0 aliphatic rings. The molecule has 2 aromatic carbocycles. The fraction of sp³-hybridized carbons (Fsp3) is 0.200. The molecule has 0 radical (unpaired) electrons. The molecular formula is C15H16FNO2S. The van der Waals surface area contributed by atoms with Gasteiger partial charge in [-0.25, -0.2) is 12.8 Å². The molecule has 2 aromatic rings. The van der Waals surface area contributed by atoms with Crippen molar-refractivity contribution in [3.63, 3.8) is 0 Å². The predicted molar refractivity (Wildman–Crippen MR) is 77.1 cm³/mol. The van der Waals surface area contributed by atoms with Crippen LogP contribution in [0.5, 0.6) is 0 Å². The minimum atomic E-state index is -3.40. The molecule has 0 bridgehead atoms. The predicted octanol–water partition coefficient (Wildman–Crippen LogP) is 2.40. The van der Waals surface area contributed by atoms with Crippen molar-refractivity contribution in [3.8, 4) is 0 Å². The van der Waals surface area contributed by atoms with E-state index in [1.807, 2.05) is 6.07 Å². The molecule has 0 atom stereocenters. The number of benzene rings is 2. The van der Waals surface area contributed by atoms with E-state index in [9.17, 15) is 12.8 Å². The van der Waals surface area contributed by atoms with Gasteiger partial charge in [0.2, 0.25) is 0 Å². The number of hydrogen-bond donors (Lipinski definition) is 1. The lowest BCUT2D eigenvalue weighted by molar-refractivity contribution is 0.586. The highest BCUT2D eigenvalue weighted by atomic mass is 32.2. The van der Waals surface area contributed by atoms with Gasteiger partial charge in [0, 0.05) is 12.1 Å². The first-order valence-corrected chi connectivity index (χ1v) is 8.04. The van der Waals surface area contributed by atoms with Crippen molar-refractivity contribution < 1.29 is 12.8 Å². The zero-order chi connectivity index (χ0) is 14.6. The van der Waals surface area contributed by atoms with E-state index in [-0.39, 0.29) is 23.6 Å². The summed E-state index contributed by atoms with van der Waals surface area (Å²) in [6.45, 7) is 0.230. The zero-order valence-corrected chi connectivity index (χ0v) is 11.7. The minimum absolute atomic E-state index is 0.0913. The van der Waals surface area contributed by atoms with E-state index in [1.165, 1.54) is 12.1 Å². The molecule has 0 fully saturated rings. The Morgan fingerprint density at radius 1 is 0.950 bits per heavy atom. The lowest BCUT2D eigenvalue weighted by atomic mass is 10.1. The molecule has 20 heavy (non-hydrogen) atoms. The van der Waals surface area contributed by atoms with Gasteiger partial charge in [0.05, 0.1) is 11.5 Å². The lowest BCUT2D eigenvalue weighted by Crippen LogP contribution is -2.09. The maximum absolute atomic E-state index is 13.8. The van der Waals surface area contributed by atoms with E-state index in [4.69, 9.17) is 5.73 Å². The van der Waals surface area contributed by atoms with Crippen LogP contribution in [-0.2, 0) is 27.9 Å². The first-order valence-electron chi connectivity index (χ1n) is 6.22. The van der Waals surface area contributed by atoms with Crippen LogP contribution in [0, 0.1) is 5.82 Å². The van der Waals surface area contributed by atoms with Crippen LogP contribution >= 0.6 is 0 Å². The normalized spacial score (nSPS) is 11.5. The summed E-state index contributed by atoms with van der Waals surface area (Å²) in [7, 11) is -3.40. The summed E-state index contributed by atoms with van der Waals surface area (Å²) in [6, 6.07) is 13.3. The molecule has 0 heterocycles. The monoisotopic (exact) mass is 293 g/mol. The maximum atomic E-state index is 13.8. The Labute approximate surface area is 118 Å². The van der Waals surface area contributed by atoms with E-state index in [0.717, 1.165) is 0 Å². The second-order valence-electron chi connectivity index (χ2n) is 4.65. The van der Waals surface area contributed by atoms with Crippen molar-refractivity contribution in [2.45, 2.75) is 18.1 Å². The van der Waals surface area contributed by atoms with Crippen molar-refractivity contribution in [1.29, 1.82) is 0 Å². The Balaban J connectivity index is 2.16. The van der Waals surface area contributed by atoms with Gasteiger partial charge in [0.1, 0.15) is 5.82 Å². The van der Waals surface area contributed by atoms with Gasteiger partial charge in [-0.05, 0) is 17.2 Å². The van der Waals surface area contributed by atoms with Crippen molar-refractivity contribution in [1.82, 2.24) is 0 Å². The van der Waals surface area contributed by atoms with Gasteiger partial charge in [0.15, 0.2) is 9.84 Å². The van der Waals surface area contributed by atoms with Crippen LogP contribution in [0.25, 0.3) is 0 Å². The maximum Gasteiger partial charge on any atom is 0.158 e. The van der Waals surface area contributed by atoms with Crippen LogP contribution in [0.1, 0.15) is 16.7 Å². The van der Waals surface area contributed by atoms with Gasteiger partial charge in [0.25, 0.3) is 0 Å². The SMILES string of the molecule is NCc1ccc(CS(=O)(=O)Cc2ccccc2)c(F)c1. The van der Waals surface area contributed by atoms with Crippen LogP contribution in [0.4, 0.5) is 4.39 Å². The smallest absolute Gasteiger partial charge is 0.158 e. The first-order chi connectivity index (χ1) is 9.50. The van der Waals surface area contributed by atoms with Gasteiger partial charge in [-0.2, -0.15) is 0 Å². The van der Waals surface area contributed by atoms with Crippen molar-refractivity contribution >= 4 is 9.84 Å². The van der Waals surface area contributed by atoms with Crippen LogP contribution in [-0.4, -0.2) is 8.42 Å². The van der Waals surface area contributed by atoms with Crippen molar-refractivity contribution in [2.24, 2.45) is 5.73 Å². The average molecular weight is 293 g/mol. The summed E-state index contributed by atoms with van der Waals surface area (Å²) in [5.41, 5.74) is 6.94. The van der Waals surface area contributed by atoms with Gasteiger partial charge < -0.3 is 5.73 Å². The van der Waals surface area contributed by atoms with Crippen LogP contribution in [0.15, 0.2) is 48.5 Å². The molecule has 0 amide bonds. The number of nitrogens with two attached hydrogens (primary N) is 1. The Hall–Kier alpha value is -1.72. The van der Waals surface area contributed by atoms with E-state index in [1.54, 1.807) is 30.3 Å². The van der Waals surface area contributed by atoms with E-state index >= 15 is 0 Å². The third-order valence-corrected chi connectivity index (χ3v) is 4.48. The van der Waals surface area contributed by atoms with Gasteiger partial charge >= 0.3 is 0 Å².